The van der Waals surface area contributed by atoms with Crippen LogP contribution in [0.2, 0.25) is 20.1 Å². The number of para-hydroxylation sites is 2. The summed E-state index contributed by atoms with van der Waals surface area (Å²) in [4.78, 5) is 31.4. The molecule has 13 nitrogen and oxygen atoms in total. The minimum atomic E-state index is -4.87. The van der Waals surface area contributed by atoms with Gasteiger partial charge in [-0.1, -0.05) is 90.2 Å². The molecule has 68 heavy (non-hydrogen) atoms. The van der Waals surface area contributed by atoms with Crippen LogP contribution in [0.25, 0.3) is 0 Å². The van der Waals surface area contributed by atoms with Crippen molar-refractivity contribution < 1.29 is 57.9 Å². The third kappa shape index (κ3) is 14.6. The minimum Gasteiger partial charge on any atom is -0.476 e. The van der Waals surface area contributed by atoms with Gasteiger partial charge in [-0.2, -0.15) is 26.3 Å². The fraction of sp³-hybridized carbons (Fsp3) is 0.163. The summed E-state index contributed by atoms with van der Waals surface area (Å²) in [6.07, 6.45) is -7.60. The van der Waals surface area contributed by atoms with Gasteiger partial charge in [0.2, 0.25) is 0 Å². The second-order valence-corrected chi connectivity index (χ2v) is 18.7. The predicted octanol–water partition coefficient (Wildman–Crippen LogP) is 12.4. The molecule has 0 radical (unpaired) electrons. The zero-order chi connectivity index (χ0) is 50.2. The van der Waals surface area contributed by atoms with Crippen LogP contribution in [0.5, 0.6) is 0 Å². The number of halogens is 10. The summed E-state index contributed by atoms with van der Waals surface area (Å²) >= 11 is 22.6. The van der Waals surface area contributed by atoms with Gasteiger partial charge < -0.3 is 15.3 Å². The Hall–Kier alpha value is -5.84. The third-order valence-corrected chi connectivity index (χ3v) is 12.7. The molecule has 0 spiro atoms. The van der Waals surface area contributed by atoms with Gasteiger partial charge in [0.25, 0.3) is 26.0 Å². The lowest BCUT2D eigenvalue weighted by atomic mass is 10.1. The number of hydrogen-bond acceptors (Lipinski definition) is 9. The van der Waals surface area contributed by atoms with Gasteiger partial charge in [-0.3, -0.25) is 14.2 Å². The number of amides is 1. The molecule has 0 atom stereocenters. The number of carboxylic acids is 1. The SMILES string of the molecule is C.CNc1ccccc1C.Cc1ccccc1N(C)C(=O)c1ncc(Cl)cc1NS(=O)(=O)c1ccc(Cl)c(C(F)(F)F)c1.O=C(O)c1ncc(Cl)cc1NS(=O)(=O)c1ccc(Cl)c(C(F)(F)F)c1. The first-order valence-corrected chi connectivity index (χ1v) is 23.0. The smallest absolute Gasteiger partial charge is 0.417 e. The third-order valence-electron chi connectivity index (χ3n) is 8.91. The zero-order valence-corrected chi connectivity index (χ0v) is 39.4. The van der Waals surface area contributed by atoms with Crippen LogP contribution < -0.4 is 19.7 Å². The van der Waals surface area contributed by atoms with Gasteiger partial charge in [0, 0.05) is 37.9 Å². The molecule has 4 aromatic carbocycles. The Kier molecular flexibility index (Phi) is 19.1. The number of nitrogens with zero attached hydrogens (tertiary/aromatic N) is 3. The number of benzene rings is 4. The number of carbonyl (C=O) groups is 2. The first-order valence-electron chi connectivity index (χ1n) is 18.5. The first-order chi connectivity index (χ1) is 31.1. The van der Waals surface area contributed by atoms with E-state index in [1.54, 1.807) is 31.2 Å². The summed E-state index contributed by atoms with van der Waals surface area (Å²) in [5.74, 6) is -2.22. The van der Waals surface area contributed by atoms with Gasteiger partial charge in [0.1, 0.15) is 0 Å². The van der Waals surface area contributed by atoms with Crippen LogP contribution in [0.15, 0.2) is 119 Å². The van der Waals surface area contributed by atoms with E-state index < -0.39 is 86.6 Å². The molecule has 0 aliphatic carbocycles. The first kappa shape index (κ1) is 56.5. The number of aromatic carboxylic acids is 1. The summed E-state index contributed by atoms with van der Waals surface area (Å²) in [5.41, 5.74) is -0.577. The largest absolute Gasteiger partial charge is 0.476 e. The van der Waals surface area contributed by atoms with Crippen LogP contribution in [0, 0.1) is 13.8 Å². The molecule has 1 amide bonds. The summed E-state index contributed by atoms with van der Waals surface area (Å²) in [5, 5.41) is 10.7. The van der Waals surface area contributed by atoms with Crippen LogP contribution in [0.1, 0.15) is 50.7 Å². The molecule has 0 saturated heterocycles. The van der Waals surface area contributed by atoms with Crippen LogP contribution in [-0.4, -0.2) is 57.9 Å². The number of alkyl halides is 6. The molecule has 0 aliphatic rings. The number of hydrogen-bond donors (Lipinski definition) is 4. The number of pyridine rings is 2. The molecule has 4 N–H and O–H groups in total. The highest BCUT2D eigenvalue weighted by Crippen LogP contribution is 2.38. The topological polar surface area (TPSA) is 188 Å². The van der Waals surface area contributed by atoms with Crippen molar-refractivity contribution in [2.45, 2.75) is 43.4 Å². The molecule has 0 bridgehead atoms. The van der Waals surface area contributed by atoms with E-state index in [4.69, 9.17) is 51.5 Å². The molecular weight excluding hydrogens is 1030 g/mol. The maximum atomic E-state index is 13.2. The quantitative estimate of drug-likeness (QED) is 0.0962. The second kappa shape index (κ2) is 23.0. The Morgan fingerprint density at radius 2 is 1.03 bits per heavy atom. The highest BCUT2D eigenvalue weighted by Gasteiger charge is 2.36. The van der Waals surface area contributed by atoms with Gasteiger partial charge >= 0.3 is 18.3 Å². The number of carboxylic acid groups (broad SMARTS) is 1. The molecule has 6 rings (SSSR count). The van der Waals surface area contributed by atoms with E-state index >= 15 is 0 Å². The minimum absolute atomic E-state index is 0. The van der Waals surface area contributed by atoms with Crippen molar-refractivity contribution in [1.29, 1.82) is 0 Å². The lowest BCUT2D eigenvalue weighted by Crippen LogP contribution is -2.29. The molecular formula is C43H38Cl4F6N6O7S2. The van der Waals surface area contributed by atoms with Crippen molar-refractivity contribution in [3.8, 4) is 0 Å². The second-order valence-electron chi connectivity index (χ2n) is 13.6. The van der Waals surface area contributed by atoms with Crippen molar-refractivity contribution in [2.24, 2.45) is 0 Å². The molecule has 0 aliphatic heterocycles. The van der Waals surface area contributed by atoms with Gasteiger partial charge in [-0.05, 0) is 85.6 Å². The predicted molar refractivity (Wildman–Crippen MR) is 251 cm³/mol. The van der Waals surface area contributed by atoms with Crippen LogP contribution >= 0.6 is 46.4 Å². The summed E-state index contributed by atoms with van der Waals surface area (Å²) < 4.78 is 132. The number of aromatic nitrogens is 2. The molecule has 0 unspecified atom stereocenters. The Labute approximate surface area is 407 Å². The molecule has 2 heterocycles. The van der Waals surface area contributed by atoms with Crippen molar-refractivity contribution in [2.75, 3.05) is 33.8 Å². The van der Waals surface area contributed by atoms with Gasteiger partial charge in [0.15, 0.2) is 11.4 Å². The normalized spacial score (nSPS) is 11.4. The Morgan fingerprint density at radius 3 is 1.43 bits per heavy atom. The van der Waals surface area contributed by atoms with E-state index in [9.17, 15) is 52.8 Å². The lowest BCUT2D eigenvalue weighted by Gasteiger charge is -2.21. The molecule has 25 heteroatoms. The highest BCUT2D eigenvalue weighted by atomic mass is 35.5. The number of carbonyl (C=O) groups excluding carboxylic acids is 1. The van der Waals surface area contributed by atoms with E-state index in [-0.39, 0.29) is 28.9 Å². The Morgan fingerprint density at radius 1 is 0.618 bits per heavy atom. The molecule has 0 fully saturated rings. The van der Waals surface area contributed by atoms with Crippen LogP contribution in [-0.2, 0) is 32.4 Å². The number of nitrogens with one attached hydrogen (secondary N) is 3. The van der Waals surface area contributed by atoms with Crippen molar-refractivity contribution in [3.05, 3.63) is 163 Å². The van der Waals surface area contributed by atoms with Crippen LogP contribution in [0.4, 0.5) is 49.1 Å². The summed E-state index contributed by atoms with van der Waals surface area (Å²) in [6, 6.07) is 21.4. The summed E-state index contributed by atoms with van der Waals surface area (Å²) in [6.45, 7) is 3.88. The van der Waals surface area contributed by atoms with Gasteiger partial charge in [-0.25, -0.2) is 31.6 Å². The molecule has 2 aromatic heterocycles. The van der Waals surface area contributed by atoms with E-state index in [2.05, 4.69) is 39.1 Å². The number of rotatable bonds is 10. The Bertz CT molecular complexity index is 3040. The lowest BCUT2D eigenvalue weighted by molar-refractivity contribution is -0.138. The maximum Gasteiger partial charge on any atom is 0.417 e. The maximum absolute atomic E-state index is 13.2. The number of sulfonamides is 2. The van der Waals surface area contributed by atoms with Gasteiger partial charge in [0.05, 0.1) is 52.4 Å². The average Bonchev–Trinajstić information content (AvgIpc) is 3.23. The molecule has 0 saturated carbocycles. The molecule has 6 aromatic rings. The van der Waals surface area contributed by atoms with E-state index in [0.29, 0.717) is 17.8 Å². The van der Waals surface area contributed by atoms with E-state index in [1.165, 1.54) is 23.2 Å². The summed E-state index contributed by atoms with van der Waals surface area (Å²) in [7, 11) is -5.71. The fourth-order valence-electron chi connectivity index (χ4n) is 5.62. The zero-order valence-electron chi connectivity index (χ0n) is 34.7. The standard InChI is InChI=1S/C21H16Cl2F3N3O3S.C13H7Cl2F3N2O4S.C8H11N.CH4/c1-12-5-3-4-6-18(12)29(2)20(30)19-17(9-13(22)11-27-19)28-33(31,32)14-7-8-16(23)15(10-14)21(24,25)26;14-6-3-10(11(12(21)22)19-5-6)20-25(23,24)7-1-2-9(15)8(4-7)13(16,17)18;1-7-5-3-4-6-8(7)9-2;/h3-11,28H,1-2H3;1-5,20H,(H,21,22);3-6,9H,1-2H3;1H4. The average molecular weight is 1070 g/mol. The number of aryl methyl sites for hydroxylation is 2. The van der Waals surface area contributed by atoms with Crippen molar-refractivity contribution in [1.82, 2.24) is 9.97 Å². The fourth-order valence-corrected chi connectivity index (χ4v) is 8.55. The monoisotopic (exact) mass is 1070 g/mol. The Balaban J connectivity index is 0.000000308. The van der Waals surface area contributed by atoms with E-state index in [0.717, 1.165) is 54.4 Å². The van der Waals surface area contributed by atoms with E-state index in [1.807, 2.05) is 23.9 Å². The van der Waals surface area contributed by atoms with Crippen molar-refractivity contribution >= 4 is 101 Å². The highest BCUT2D eigenvalue weighted by molar-refractivity contribution is 7.93. The van der Waals surface area contributed by atoms with Crippen LogP contribution in [0.3, 0.4) is 0 Å². The molecule has 364 valence electrons. The number of anilines is 4. The van der Waals surface area contributed by atoms with Crippen molar-refractivity contribution in [3.63, 3.8) is 0 Å². The van der Waals surface area contributed by atoms with Gasteiger partial charge in [-0.15, -0.1) is 0 Å².